The number of carbonyl (C=O) groups excluding carboxylic acids is 1. The van der Waals surface area contributed by atoms with E-state index >= 15 is 0 Å². The molecule has 0 atom stereocenters. The summed E-state index contributed by atoms with van der Waals surface area (Å²) in [4.78, 5) is 14.9. The number of nitrogens with zero attached hydrogens (tertiary/aromatic N) is 1. The molecule has 106 valence electrons. The van der Waals surface area contributed by atoms with Crippen molar-refractivity contribution in [3.8, 4) is 0 Å². The Morgan fingerprint density at radius 1 is 1.58 bits per heavy atom. The number of nitrogens with one attached hydrogen (secondary N) is 1. The number of carbonyl (C=O) groups is 1. The Morgan fingerprint density at radius 2 is 2.32 bits per heavy atom. The topological polar surface area (TPSA) is 58.4 Å². The summed E-state index contributed by atoms with van der Waals surface area (Å²) >= 11 is 1.46. The van der Waals surface area contributed by atoms with Gasteiger partial charge in [-0.05, 0) is 48.7 Å². The van der Waals surface area contributed by atoms with Gasteiger partial charge in [0.25, 0.3) is 5.91 Å². The van der Waals surface area contributed by atoms with Crippen LogP contribution in [0, 0.1) is 5.92 Å². The van der Waals surface area contributed by atoms with Gasteiger partial charge < -0.3 is 0 Å². The smallest absolute Gasteiger partial charge is 0.275 e. The molecular formula is C14H23N3OS. The van der Waals surface area contributed by atoms with E-state index in [0.717, 1.165) is 29.4 Å². The van der Waals surface area contributed by atoms with Crippen LogP contribution in [0.2, 0.25) is 0 Å². The van der Waals surface area contributed by atoms with Gasteiger partial charge in [0.15, 0.2) is 0 Å². The van der Waals surface area contributed by atoms with E-state index in [2.05, 4.69) is 24.2 Å². The molecule has 19 heavy (non-hydrogen) atoms. The number of thiophene rings is 1. The second-order valence-corrected chi connectivity index (χ2v) is 6.55. The molecule has 1 saturated carbocycles. The predicted molar refractivity (Wildman–Crippen MR) is 78.9 cm³/mol. The average Bonchev–Trinajstić information content (AvgIpc) is 3.13. The fourth-order valence-electron chi connectivity index (χ4n) is 2.20. The molecule has 4 nitrogen and oxygen atoms in total. The van der Waals surface area contributed by atoms with Gasteiger partial charge in [0.05, 0.1) is 4.88 Å². The van der Waals surface area contributed by atoms with Gasteiger partial charge in [-0.2, -0.15) is 0 Å². The third-order valence-electron chi connectivity index (χ3n) is 3.51. The number of nitrogens with two attached hydrogens (primary N) is 1. The largest absolute Gasteiger partial charge is 0.296 e. The number of nitrogen functional groups attached to an aromatic ring is 1. The lowest BCUT2D eigenvalue weighted by Crippen LogP contribution is -2.32. The van der Waals surface area contributed by atoms with Crippen LogP contribution in [0.4, 0.5) is 0 Å². The predicted octanol–water partition coefficient (Wildman–Crippen LogP) is 2.36. The van der Waals surface area contributed by atoms with Crippen molar-refractivity contribution in [2.75, 3.05) is 6.54 Å². The van der Waals surface area contributed by atoms with E-state index in [1.807, 2.05) is 11.4 Å². The maximum absolute atomic E-state index is 11.7. The van der Waals surface area contributed by atoms with Gasteiger partial charge in [0.1, 0.15) is 0 Å². The maximum atomic E-state index is 11.7. The number of amides is 1. The molecule has 1 heterocycles. The molecule has 1 fully saturated rings. The van der Waals surface area contributed by atoms with Gasteiger partial charge in [0, 0.05) is 12.6 Å². The van der Waals surface area contributed by atoms with E-state index in [4.69, 9.17) is 5.84 Å². The van der Waals surface area contributed by atoms with E-state index in [0.29, 0.717) is 6.04 Å². The zero-order valence-corrected chi connectivity index (χ0v) is 12.5. The Labute approximate surface area is 118 Å². The minimum absolute atomic E-state index is 0.176. The van der Waals surface area contributed by atoms with Crippen molar-refractivity contribution < 1.29 is 4.79 Å². The first-order valence-corrected chi connectivity index (χ1v) is 7.81. The molecule has 1 aliphatic carbocycles. The van der Waals surface area contributed by atoms with Crippen LogP contribution in [0.15, 0.2) is 11.4 Å². The van der Waals surface area contributed by atoms with Crippen LogP contribution in [-0.2, 0) is 6.54 Å². The summed E-state index contributed by atoms with van der Waals surface area (Å²) in [7, 11) is 0. The lowest BCUT2D eigenvalue weighted by molar-refractivity contribution is 0.0955. The van der Waals surface area contributed by atoms with Gasteiger partial charge in [-0.15, -0.1) is 11.3 Å². The first-order chi connectivity index (χ1) is 9.11. The van der Waals surface area contributed by atoms with Crippen molar-refractivity contribution in [1.29, 1.82) is 0 Å². The molecule has 0 radical (unpaired) electrons. The Morgan fingerprint density at radius 3 is 2.89 bits per heavy atom. The van der Waals surface area contributed by atoms with Crippen molar-refractivity contribution in [2.45, 2.75) is 45.7 Å². The third kappa shape index (κ3) is 4.03. The highest BCUT2D eigenvalue weighted by molar-refractivity contribution is 7.12. The summed E-state index contributed by atoms with van der Waals surface area (Å²) in [5, 5.41) is 1.97. The standard InChI is InChI=1S/C14H23N3OS/c1-10(2)5-7-17(12-3-4-12)9-11-6-8-19-13(11)14(18)16-15/h6,8,10,12H,3-5,7,9,15H2,1-2H3,(H,16,18). The van der Waals surface area contributed by atoms with E-state index in [-0.39, 0.29) is 5.91 Å². The fraction of sp³-hybridized carbons (Fsp3) is 0.643. The molecule has 0 aliphatic heterocycles. The third-order valence-corrected chi connectivity index (χ3v) is 4.47. The molecule has 5 heteroatoms. The minimum atomic E-state index is -0.176. The molecule has 2 rings (SSSR count). The first kappa shape index (κ1) is 14.5. The SMILES string of the molecule is CC(C)CCN(Cc1ccsc1C(=O)NN)C1CC1. The molecule has 0 spiro atoms. The van der Waals surface area contributed by atoms with Gasteiger partial charge in [-0.1, -0.05) is 13.8 Å². The summed E-state index contributed by atoms with van der Waals surface area (Å²) in [5.41, 5.74) is 3.33. The molecule has 3 N–H and O–H groups in total. The van der Waals surface area contributed by atoms with Crippen LogP contribution in [0.25, 0.3) is 0 Å². The summed E-state index contributed by atoms with van der Waals surface area (Å²) in [6.45, 7) is 6.48. The van der Waals surface area contributed by atoms with E-state index in [1.165, 1.54) is 30.6 Å². The van der Waals surface area contributed by atoms with Crippen molar-refractivity contribution in [2.24, 2.45) is 11.8 Å². The maximum Gasteiger partial charge on any atom is 0.275 e. The van der Waals surface area contributed by atoms with Crippen molar-refractivity contribution >= 4 is 17.2 Å². The van der Waals surface area contributed by atoms with Gasteiger partial charge in [-0.3, -0.25) is 15.1 Å². The zero-order valence-electron chi connectivity index (χ0n) is 11.7. The number of rotatable bonds is 7. The van der Waals surface area contributed by atoms with Gasteiger partial charge in [0.2, 0.25) is 0 Å². The number of hydrazine groups is 1. The molecular weight excluding hydrogens is 258 g/mol. The zero-order chi connectivity index (χ0) is 13.8. The molecule has 1 amide bonds. The Bertz CT molecular complexity index is 426. The molecule has 0 bridgehead atoms. The van der Waals surface area contributed by atoms with Crippen LogP contribution in [0.5, 0.6) is 0 Å². The van der Waals surface area contributed by atoms with Gasteiger partial charge >= 0.3 is 0 Å². The lowest BCUT2D eigenvalue weighted by Gasteiger charge is -2.23. The van der Waals surface area contributed by atoms with Crippen LogP contribution >= 0.6 is 11.3 Å². The number of hydrogen-bond acceptors (Lipinski definition) is 4. The molecule has 1 aliphatic rings. The molecule has 1 aromatic heterocycles. The Kier molecular flexibility index (Phi) is 4.96. The highest BCUT2D eigenvalue weighted by Gasteiger charge is 2.29. The minimum Gasteiger partial charge on any atom is -0.296 e. The second kappa shape index (κ2) is 6.50. The van der Waals surface area contributed by atoms with E-state index < -0.39 is 0 Å². The van der Waals surface area contributed by atoms with Gasteiger partial charge in [-0.25, -0.2) is 5.84 Å². The monoisotopic (exact) mass is 281 g/mol. The summed E-state index contributed by atoms with van der Waals surface area (Å²) in [5.74, 6) is 5.77. The van der Waals surface area contributed by atoms with Crippen LogP contribution in [-0.4, -0.2) is 23.4 Å². The molecule has 0 aromatic carbocycles. The van der Waals surface area contributed by atoms with E-state index in [1.54, 1.807) is 0 Å². The van der Waals surface area contributed by atoms with Crippen molar-refractivity contribution in [1.82, 2.24) is 10.3 Å². The lowest BCUT2D eigenvalue weighted by atomic mass is 10.1. The Balaban J connectivity index is 2.00. The van der Waals surface area contributed by atoms with E-state index in [9.17, 15) is 4.79 Å². The Hall–Kier alpha value is -0.910. The first-order valence-electron chi connectivity index (χ1n) is 6.93. The quantitative estimate of drug-likeness (QED) is 0.458. The average molecular weight is 281 g/mol. The molecule has 1 aromatic rings. The molecule has 0 unspecified atom stereocenters. The van der Waals surface area contributed by atoms with Crippen molar-refractivity contribution in [3.63, 3.8) is 0 Å². The van der Waals surface area contributed by atoms with Crippen LogP contribution in [0.3, 0.4) is 0 Å². The second-order valence-electron chi connectivity index (χ2n) is 5.63. The van der Waals surface area contributed by atoms with Crippen LogP contribution in [0.1, 0.15) is 48.3 Å². The number of hydrogen-bond donors (Lipinski definition) is 2. The van der Waals surface area contributed by atoms with Crippen LogP contribution < -0.4 is 11.3 Å². The normalized spacial score (nSPS) is 15.2. The summed E-state index contributed by atoms with van der Waals surface area (Å²) in [6, 6.07) is 2.76. The molecule has 0 saturated heterocycles. The summed E-state index contributed by atoms with van der Waals surface area (Å²) in [6.07, 6.45) is 3.79. The highest BCUT2D eigenvalue weighted by atomic mass is 32.1. The summed E-state index contributed by atoms with van der Waals surface area (Å²) < 4.78 is 0. The fourth-order valence-corrected chi connectivity index (χ4v) is 3.02. The highest BCUT2D eigenvalue weighted by Crippen LogP contribution is 2.30. The van der Waals surface area contributed by atoms with Crippen molar-refractivity contribution in [3.05, 3.63) is 21.9 Å².